The molecule has 3 nitrogen and oxygen atoms in total. The molecule has 1 aromatic rings. The molecule has 0 spiro atoms. The molecule has 84 valence electrons. The minimum atomic E-state index is 0.483. The average Bonchev–Trinajstić information content (AvgIpc) is 2.19. The topological polar surface area (TPSA) is 37.8 Å². The summed E-state index contributed by atoms with van der Waals surface area (Å²) in [6.45, 7) is 4.47. The second-order valence-electron chi connectivity index (χ2n) is 4.14. The van der Waals surface area contributed by atoms with Crippen molar-refractivity contribution in [1.29, 1.82) is 0 Å². The predicted molar refractivity (Wildman–Crippen MR) is 65.7 cm³/mol. The maximum Gasteiger partial charge on any atom is 0.115 e. The first-order chi connectivity index (χ1) is 7.13. The van der Waals surface area contributed by atoms with Crippen LogP contribution >= 0.6 is 15.9 Å². The zero-order chi connectivity index (χ0) is 11.3. The molecule has 0 aromatic carbocycles. The Morgan fingerprint density at radius 1 is 1.47 bits per heavy atom. The largest absolute Gasteiger partial charge is 0.317 e. The monoisotopic (exact) mass is 271 g/mol. The lowest BCUT2D eigenvalue weighted by molar-refractivity contribution is 0.437. The second-order valence-corrected chi connectivity index (χ2v) is 4.99. The molecule has 15 heavy (non-hydrogen) atoms. The van der Waals surface area contributed by atoms with Gasteiger partial charge in [-0.2, -0.15) is 0 Å². The van der Waals surface area contributed by atoms with Gasteiger partial charge in [0.1, 0.15) is 6.33 Å². The Bertz CT molecular complexity index is 302. The van der Waals surface area contributed by atoms with Gasteiger partial charge in [0.15, 0.2) is 0 Å². The van der Waals surface area contributed by atoms with E-state index in [0.717, 1.165) is 23.0 Å². The maximum absolute atomic E-state index is 4.28. The molecule has 1 atom stereocenters. The number of halogens is 1. The van der Waals surface area contributed by atoms with E-state index in [1.54, 1.807) is 12.5 Å². The highest BCUT2D eigenvalue weighted by Crippen LogP contribution is 2.16. The van der Waals surface area contributed by atoms with Crippen LogP contribution in [0.1, 0.15) is 26.0 Å². The van der Waals surface area contributed by atoms with E-state index < -0.39 is 0 Å². The van der Waals surface area contributed by atoms with Crippen molar-refractivity contribution in [3.8, 4) is 0 Å². The Morgan fingerprint density at radius 3 is 2.73 bits per heavy atom. The fourth-order valence-corrected chi connectivity index (χ4v) is 1.98. The Balaban J connectivity index is 2.62. The van der Waals surface area contributed by atoms with Gasteiger partial charge in [0.25, 0.3) is 0 Å². The molecule has 0 aliphatic carbocycles. The molecule has 0 saturated carbocycles. The zero-order valence-corrected chi connectivity index (χ0v) is 11.1. The van der Waals surface area contributed by atoms with Gasteiger partial charge < -0.3 is 5.32 Å². The van der Waals surface area contributed by atoms with Crippen LogP contribution in [0.2, 0.25) is 0 Å². The number of hydrogen-bond donors (Lipinski definition) is 1. The number of aromatic nitrogens is 2. The Kier molecular flexibility index (Phi) is 5.19. The zero-order valence-electron chi connectivity index (χ0n) is 9.50. The van der Waals surface area contributed by atoms with Gasteiger partial charge in [0.05, 0.1) is 10.2 Å². The van der Waals surface area contributed by atoms with Gasteiger partial charge in [-0.3, -0.25) is 0 Å². The highest BCUT2D eigenvalue weighted by molar-refractivity contribution is 9.10. The van der Waals surface area contributed by atoms with Crippen molar-refractivity contribution < 1.29 is 0 Å². The molecule has 1 heterocycles. The van der Waals surface area contributed by atoms with Crippen LogP contribution in [0.25, 0.3) is 0 Å². The van der Waals surface area contributed by atoms with E-state index >= 15 is 0 Å². The van der Waals surface area contributed by atoms with Crippen molar-refractivity contribution in [2.45, 2.75) is 32.7 Å². The lowest BCUT2D eigenvalue weighted by atomic mass is 10.00. The fourth-order valence-electron chi connectivity index (χ4n) is 1.59. The Hall–Kier alpha value is -0.480. The molecule has 0 amide bonds. The van der Waals surface area contributed by atoms with E-state index in [2.05, 4.69) is 45.1 Å². The van der Waals surface area contributed by atoms with Crippen LogP contribution in [0.5, 0.6) is 0 Å². The van der Waals surface area contributed by atoms with Gasteiger partial charge in [0.2, 0.25) is 0 Å². The molecule has 0 fully saturated rings. The summed E-state index contributed by atoms with van der Waals surface area (Å²) in [4.78, 5) is 8.24. The van der Waals surface area contributed by atoms with E-state index in [9.17, 15) is 0 Å². The van der Waals surface area contributed by atoms with Gasteiger partial charge in [-0.25, -0.2) is 9.97 Å². The normalized spacial score (nSPS) is 13.1. The SMILES string of the molecule is CNC(Cc1ncncc1Br)CC(C)C. The van der Waals surface area contributed by atoms with E-state index in [-0.39, 0.29) is 0 Å². The van der Waals surface area contributed by atoms with Crippen LogP contribution in [-0.2, 0) is 6.42 Å². The van der Waals surface area contributed by atoms with Crippen LogP contribution in [0, 0.1) is 5.92 Å². The maximum atomic E-state index is 4.28. The third-order valence-electron chi connectivity index (χ3n) is 2.35. The standard InChI is InChI=1S/C11H18BrN3/c1-8(2)4-9(13-3)5-11-10(12)6-14-7-15-11/h6-9,13H,4-5H2,1-3H3. The number of likely N-dealkylation sites (N-methyl/N-ethyl adjacent to an activating group) is 1. The van der Waals surface area contributed by atoms with Crippen molar-refractivity contribution >= 4 is 15.9 Å². The first-order valence-electron chi connectivity index (χ1n) is 5.25. The van der Waals surface area contributed by atoms with Crippen molar-refractivity contribution in [3.63, 3.8) is 0 Å². The molecule has 1 N–H and O–H groups in total. The molecule has 0 aliphatic rings. The van der Waals surface area contributed by atoms with E-state index in [1.807, 2.05) is 7.05 Å². The second kappa shape index (κ2) is 6.18. The van der Waals surface area contributed by atoms with Gasteiger partial charge in [0, 0.05) is 18.7 Å². The average molecular weight is 272 g/mol. The highest BCUT2D eigenvalue weighted by Gasteiger charge is 2.12. The summed E-state index contributed by atoms with van der Waals surface area (Å²) < 4.78 is 0.994. The third kappa shape index (κ3) is 4.26. The smallest absolute Gasteiger partial charge is 0.115 e. The summed E-state index contributed by atoms with van der Waals surface area (Å²) in [6, 6.07) is 0.483. The van der Waals surface area contributed by atoms with Crippen LogP contribution in [0.15, 0.2) is 17.0 Å². The van der Waals surface area contributed by atoms with Crippen molar-refractivity contribution in [3.05, 3.63) is 22.7 Å². The number of nitrogens with one attached hydrogen (secondary N) is 1. The summed E-state index contributed by atoms with van der Waals surface area (Å²) in [6.07, 6.45) is 5.50. The molecule has 0 radical (unpaired) electrons. The summed E-state index contributed by atoms with van der Waals surface area (Å²) in [5, 5.41) is 3.33. The van der Waals surface area contributed by atoms with Gasteiger partial charge in [-0.05, 0) is 35.3 Å². The summed E-state index contributed by atoms with van der Waals surface area (Å²) in [5.74, 6) is 0.697. The summed E-state index contributed by atoms with van der Waals surface area (Å²) in [7, 11) is 2.00. The minimum Gasteiger partial charge on any atom is -0.317 e. The number of nitrogens with zero attached hydrogens (tertiary/aromatic N) is 2. The lowest BCUT2D eigenvalue weighted by Gasteiger charge is -2.18. The minimum absolute atomic E-state index is 0.483. The molecule has 1 aromatic heterocycles. The van der Waals surface area contributed by atoms with Crippen molar-refractivity contribution in [2.75, 3.05) is 7.05 Å². The van der Waals surface area contributed by atoms with Crippen LogP contribution in [0.4, 0.5) is 0 Å². The van der Waals surface area contributed by atoms with E-state index in [0.29, 0.717) is 12.0 Å². The molecule has 4 heteroatoms. The Morgan fingerprint density at radius 2 is 2.20 bits per heavy atom. The van der Waals surface area contributed by atoms with Crippen LogP contribution in [-0.4, -0.2) is 23.1 Å². The number of rotatable bonds is 5. The molecule has 1 rings (SSSR count). The molecule has 0 aliphatic heterocycles. The summed E-state index contributed by atoms with van der Waals surface area (Å²) >= 11 is 3.47. The highest BCUT2D eigenvalue weighted by atomic mass is 79.9. The van der Waals surface area contributed by atoms with Gasteiger partial charge >= 0.3 is 0 Å². The number of hydrogen-bond acceptors (Lipinski definition) is 3. The summed E-state index contributed by atoms with van der Waals surface area (Å²) in [5.41, 5.74) is 1.07. The van der Waals surface area contributed by atoms with Crippen LogP contribution in [0.3, 0.4) is 0 Å². The molecule has 1 unspecified atom stereocenters. The van der Waals surface area contributed by atoms with Crippen LogP contribution < -0.4 is 5.32 Å². The van der Waals surface area contributed by atoms with Crippen molar-refractivity contribution in [1.82, 2.24) is 15.3 Å². The molecular formula is C11H18BrN3. The molecule has 0 bridgehead atoms. The fraction of sp³-hybridized carbons (Fsp3) is 0.636. The quantitative estimate of drug-likeness (QED) is 0.894. The van der Waals surface area contributed by atoms with Gasteiger partial charge in [-0.1, -0.05) is 13.8 Å². The van der Waals surface area contributed by atoms with Gasteiger partial charge in [-0.15, -0.1) is 0 Å². The predicted octanol–water partition coefficient (Wildman–Crippen LogP) is 2.42. The van der Waals surface area contributed by atoms with E-state index in [1.165, 1.54) is 0 Å². The molecular weight excluding hydrogens is 254 g/mol. The van der Waals surface area contributed by atoms with Crippen molar-refractivity contribution in [2.24, 2.45) is 5.92 Å². The Labute approximate surface area is 99.8 Å². The first kappa shape index (κ1) is 12.6. The lowest BCUT2D eigenvalue weighted by Crippen LogP contribution is -2.29. The molecule has 0 saturated heterocycles. The van der Waals surface area contributed by atoms with E-state index in [4.69, 9.17) is 0 Å². The third-order valence-corrected chi connectivity index (χ3v) is 3.01. The first-order valence-corrected chi connectivity index (χ1v) is 6.04.